The Morgan fingerprint density at radius 3 is 2.44 bits per heavy atom. The summed E-state index contributed by atoms with van der Waals surface area (Å²) < 4.78 is 23.0. The molecule has 2 aromatic carbocycles. The van der Waals surface area contributed by atoms with Crippen molar-refractivity contribution < 1.29 is 13.2 Å². The number of likely N-dealkylation sites (tertiary alicyclic amines) is 1. The minimum absolute atomic E-state index is 0.0610. The van der Waals surface area contributed by atoms with Crippen LogP contribution in [-0.4, -0.2) is 45.1 Å². The van der Waals surface area contributed by atoms with E-state index in [9.17, 15) is 13.2 Å². The predicted octanol–water partition coefficient (Wildman–Crippen LogP) is 2.80. The van der Waals surface area contributed by atoms with Crippen molar-refractivity contribution in [2.45, 2.75) is 24.6 Å². The first kappa shape index (κ1) is 19.6. The van der Waals surface area contributed by atoms with Gasteiger partial charge in [-0.15, -0.1) is 0 Å². The summed E-state index contributed by atoms with van der Waals surface area (Å²) in [6.07, 6.45) is 3.57. The van der Waals surface area contributed by atoms with Crippen molar-refractivity contribution in [3.8, 4) is 0 Å². The smallest absolute Gasteiger partial charge is 0.251 e. The fourth-order valence-electron chi connectivity index (χ4n) is 3.58. The fourth-order valence-corrected chi connectivity index (χ4v) is 4.37. The Hall–Kier alpha value is -2.18. The van der Waals surface area contributed by atoms with E-state index in [4.69, 9.17) is 0 Å². The molecule has 1 aliphatic rings. The normalized spacial score (nSPS) is 16.2. The van der Waals surface area contributed by atoms with Crippen LogP contribution in [0.1, 0.15) is 40.4 Å². The zero-order valence-corrected chi connectivity index (χ0v) is 16.4. The minimum Gasteiger partial charge on any atom is -0.350 e. The summed E-state index contributed by atoms with van der Waals surface area (Å²) in [5.74, 6) is -0.236. The number of amides is 1. The Bertz CT molecular complexity index is 875. The third-order valence-electron chi connectivity index (χ3n) is 4.84. The van der Waals surface area contributed by atoms with Crippen molar-refractivity contribution in [3.63, 3.8) is 0 Å². The number of carbonyl (C=O) groups excluding carboxylic acids is 1. The SMILES string of the molecule is CS(=O)(=O)Cc1cccc(C(=O)NCC(c2ccccc2)N2CCCC2)c1. The highest BCUT2D eigenvalue weighted by Crippen LogP contribution is 2.24. The number of hydrogen-bond acceptors (Lipinski definition) is 4. The topological polar surface area (TPSA) is 66.5 Å². The maximum absolute atomic E-state index is 12.6. The summed E-state index contributed by atoms with van der Waals surface area (Å²) in [6.45, 7) is 2.61. The van der Waals surface area contributed by atoms with Gasteiger partial charge in [-0.2, -0.15) is 0 Å². The zero-order chi connectivity index (χ0) is 19.3. The summed E-state index contributed by atoms with van der Waals surface area (Å²) in [5, 5.41) is 3.03. The Morgan fingerprint density at radius 1 is 1.07 bits per heavy atom. The summed E-state index contributed by atoms with van der Waals surface area (Å²) in [6, 6.07) is 17.2. The molecule has 0 radical (unpaired) electrons. The standard InChI is InChI=1S/C21H26N2O3S/c1-27(25,26)16-17-8-7-11-19(14-17)21(24)22-15-20(23-12-5-6-13-23)18-9-3-2-4-10-18/h2-4,7-11,14,20H,5-6,12-13,15-16H2,1H3,(H,22,24). The van der Waals surface area contributed by atoms with E-state index in [1.54, 1.807) is 24.3 Å². The van der Waals surface area contributed by atoms with Crippen molar-refractivity contribution in [2.75, 3.05) is 25.9 Å². The van der Waals surface area contributed by atoms with Crippen molar-refractivity contribution in [1.29, 1.82) is 0 Å². The van der Waals surface area contributed by atoms with Crippen LogP contribution in [0.2, 0.25) is 0 Å². The second kappa shape index (κ2) is 8.67. The number of carbonyl (C=O) groups is 1. The molecule has 1 saturated heterocycles. The van der Waals surface area contributed by atoms with Gasteiger partial charge in [-0.05, 0) is 49.2 Å². The van der Waals surface area contributed by atoms with Crippen LogP contribution in [0.15, 0.2) is 54.6 Å². The van der Waals surface area contributed by atoms with Crippen molar-refractivity contribution in [1.82, 2.24) is 10.2 Å². The second-order valence-corrected chi connectivity index (χ2v) is 9.29. The van der Waals surface area contributed by atoms with Crippen LogP contribution in [0.25, 0.3) is 0 Å². The van der Waals surface area contributed by atoms with E-state index in [0.717, 1.165) is 13.1 Å². The molecular weight excluding hydrogens is 360 g/mol. The van der Waals surface area contributed by atoms with E-state index in [-0.39, 0.29) is 17.7 Å². The van der Waals surface area contributed by atoms with Crippen molar-refractivity contribution >= 4 is 15.7 Å². The number of rotatable bonds is 7. The van der Waals surface area contributed by atoms with Gasteiger partial charge in [0.05, 0.1) is 11.8 Å². The Kier molecular flexibility index (Phi) is 6.29. The predicted molar refractivity (Wildman–Crippen MR) is 107 cm³/mol. The first-order valence-corrected chi connectivity index (χ1v) is 11.3. The lowest BCUT2D eigenvalue weighted by atomic mass is 10.1. The lowest BCUT2D eigenvalue weighted by molar-refractivity contribution is 0.0938. The molecule has 0 aromatic heterocycles. The van der Waals surface area contributed by atoms with Crippen LogP contribution in [-0.2, 0) is 15.6 Å². The molecule has 0 aliphatic carbocycles. The van der Waals surface area contributed by atoms with Gasteiger partial charge in [0, 0.05) is 18.4 Å². The van der Waals surface area contributed by atoms with E-state index in [1.807, 2.05) is 18.2 Å². The average Bonchev–Trinajstić information content (AvgIpc) is 3.16. The molecule has 0 bridgehead atoms. The maximum atomic E-state index is 12.6. The largest absolute Gasteiger partial charge is 0.350 e. The molecule has 144 valence electrons. The average molecular weight is 387 g/mol. The second-order valence-electron chi connectivity index (χ2n) is 7.15. The number of benzene rings is 2. The summed E-state index contributed by atoms with van der Waals surface area (Å²) in [4.78, 5) is 15.0. The molecule has 6 heteroatoms. The molecule has 1 aliphatic heterocycles. The van der Waals surface area contributed by atoms with Gasteiger partial charge in [0.1, 0.15) is 0 Å². The molecule has 1 unspecified atom stereocenters. The molecule has 1 atom stereocenters. The first-order valence-electron chi connectivity index (χ1n) is 9.26. The Balaban J connectivity index is 1.70. The number of hydrogen-bond donors (Lipinski definition) is 1. The molecule has 1 N–H and O–H groups in total. The molecule has 0 spiro atoms. The van der Waals surface area contributed by atoms with E-state index >= 15 is 0 Å². The van der Waals surface area contributed by atoms with Crippen LogP contribution in [0.5, 0.6) is 0 Å². The van der Waals surface area contributed by atoms with E-state index in [2.05, 4.69) is 22.3 Å². The van der Waals surface area contributed by atoms with Crippen LogP contribution in [0, 0.1) is 0 Å². The maximum Gasteiger partial charge on any atom is 0.251 e. The highest BCUT2D eigenvalue weighted by atomic mass is 32.2. The van der Waals surface area contributed by atoms with Gasteiger partial charge in [0.2, 0.25) is 0 Å². The van der Waals surface area contributed by atoms with Gasteiger partial charge in [0.25, 0.3) is 5.91 Å². The van der Waals surface area contributed by atoms with Crippen molar-refractivity contribution in [2.24, 2.45) is 0 Å². The third kappa shape index (κ3) is 5.65. The van der Waals surface area contributed by atoms with E-state index in [0.29, 0.717) is 17.7 Å². The molecular formula is C21H26N2O3S. The van der Waals surface area contributed by atoms with Gasteiger partial charge < -0.3 is 5.32 Å². The summed E-state index contributed by atoms with van der Waals surface area (Å²) >= 11 is 0. The number of sulfone groups is 1. The monoisotopic (exact) mass is 386 g/mol. The molecule has 1 heterocycles. The highest BCUT2D eigenvalue weighted by Gasteiger charge is 2.24. The van der Waals surface area contributed by atoms with Crippen molar-refractivity contribution in [3.05, 3.63) is 71.3 Å². The number of nitrogens with zero attached hydrogens (tertiary/aromatic N) is 1. The van der Waals surface area contributed by atoms with Gasteiger partial charge in [-0.3, -0.25) is 9.69 Å². The quantitative estimate of drug-likeness (QED) is 0.795. The lowest BCUT2D eigenvalue weighted by Crippen LogP contribution is -2.36. The van der Waals surface area contributed by atoms with Crippen LogP contribution < -0.4 is 5.32 Å². The Morgan fingerprint density at radius 2 is 1.78 bits per heavy atom. The molecule has 0 saturated carbocycles. The highest BCUT2D eigenvalue weighted by molar-refractivity contribution is 7.89. The van der Waals surface area contributed by atoms with Crippen LogP contribution in [0.4, 0.5) is 0 Å². The van der Waals surface area contributed by atoms with Gasteiger partial charge in [0.15, 0.2) is 9.84 Å². The lowest BCUT2D eigenvalue weighted by Gasteiger charge is -2.28. The van der Waals surface area contributed by atoms with Crippen LogP contribution >= 0.6 is 0 Å². The van der Waals surface area contributed by atoms with Gasteiger partial charge in [-0.25, -0.2) is 8.42 Å². The molecule has 2 aromatic rings. The fraction of sp³-hybridized carbons (Fsp3) is 0.381. The molecule has 5 nitrogen and oxygen atoms in total. The van der Waals surface area contributed by atoms with Gasteiger partial charge >= 0.3 is 0 Å². The zero-order valence-electron chi connectivity index (χ0n) is 15.6. The van der Waals surface area contributed by atoms with Crippen LogP contribution in [0.3, 0.4) is 0 Å². The summed E-state index contributed by atoms with van der Waals surface area (Å²) in [5.41, 5.74) is 2.32. The molecule has 1 fully saturated rings. The Labute approximate surface area is 161 Å². The van der Waals surface area contributed by atoms with E-state index < -0.39 is 9.84 Å². The molecule has 1 amide bonds. The minimum atomic E-state index is -3.13. The first-order chi connectivity index (χ1) is 12.9. The third-order valence-corrected chi connectivity index (χ3v) is 5.70. The summed E-state index contributed by atoms with van der Waals surface area (Å²) in [7, 11) is -3.13. The number of nitrogens with one attached hydrogen (secondary N) is 1. The molecule has 27 heavy (non-hydrogen) atoms. The van der Waals surface area contributed by atoms with Gasteiger partial charge in [-0.1, -0.05) is 42.5 Å². The molecule has 3 rings (SSSR count). The van der Waals surface area contributed by atoms with E-state index in [1.165, 1.54) is 24.7 Å².